The van der Waals surface area contributed by atoms with Crippen molar-refractivity contribution in [2.45, 2.75) is 32.2 Å². The van der Waals surface area contributed by atoms with Gasteiger partial charge in [0.2, 0.25) is 11.8 Å². The Kier molecular flexibility index (Phi) is 4.92. The number of rotatable bonds is 5. The van der Waals surface area contributed by atoms with E-state index >= 15 is 0 Å². The molecule has 0 amide bonds. The Morgan fingerprint density at radius 2 is 1.97 bits per heavy atom. The normalized spacial score (nSPS) is 14.3. The van der Waals surface area contributed by atoms with Crippen molar-refractivity contribution in [3.05, 3.63) is 64.1 Å². The number of ether oxygens (including phenoxy) is 1. The Morgan fingerprint density at radius 3 is 2.71 bits per heavy atom. The van der Waals surface area contributed by atoms with Gasteiger partial charge in [0.25, 0.3) is 0 Å². The van der Waals surface area contributed by atoms with Gasteiger partial charge in [-0.2, -0.15) is 4.39 Å². The van der Waals surface area contributed by atoms with Crippen LogP contribution in [0.2, 0.25) is 0 Å². The maximum atomic E-state index is 15.0. The van der Waals surface area contributed by atoms with E-state index < -0.39 is 22.2 Å². The van der Waals surface area contributed by atoms with Gasteiger partial charge in [0.1, 0.15) is 17.1 Å². The van der Waals surface area contributed by atoms with Gasteiger partial charge in [0, 0.05) is 35.9 Å². The van der Waals surface area contributed by atoms with E-state index in [4.69, 9.17) is 4.74 Å². The van der Waals surface area contributed by atoms with Crippen molar-refractivity contribution in [1.29, 1.82) is 0 Å². The lowest BCUT2D eigenvalue weighted by Gasteiger charge is -2.22. The van der Waals surface area contributed by atoms with Crippen LogP contribution in [0.3, 0.4) is 0 Å². The minimum atomic E-state index is -1.03. The van der Waals surface area contributed by atoms with Gasteiger partial charge in [0.05, 0.1) is 28.9 Å². The summed E-state index contributed by atoms with van der Waals surface area (Å²) in [6.45, 7) is 4.19. The van der Waals surface area contributed by atoms with Gasteiger partial charge in [-0.25, -0.2) is 19.3 Å². The third kappa shape index (κ3) is 3.49. The van der Waals surface area contributed by atoms with Crippen LogP contribution in [-0.4, -0.2) is 31.6 Å². The van der Waals surface area contributed by atoms with E-state index in [1.165, 1.54) is 19.4 Å². The van der Waals surface area contributed by atoms with Crippen molar-refractivity contribution in [2.75, 3.05) is 12.4 Å². The SMILES string of the molecule is COc1cc(F)c([N+](=O)[O-])cc1Nc1nccc(-c2cc(F)c3nc4n(c3c2)C(C)(C)CC4)n1. The third-order valence-electron chi connectivity index (χ3n) is 6.01. The van der Waals surface area contributed by atoms with Gasteiger partial charge in [-0.1, -0.05) is 0 Å². The highest BCUT2D eigenvalue weighted by Gasteiger charge is 2.33. The van der Waals surface area contributed by atoms with Gasteiger partial charge >= 0.3 is 5.69 Å². The summed E-state index contributed by atoms with van der Waals surface area (Å²) < 4.78 is 36.1. The number of benzene rings is 2. The van der Waals surface area contributed by atoms with Gasteiger partial charge in [0.15, 0.2) is 5.82 Å². The Morgan fingerprint density at radius 1 is 1.18 bits per heavy atom. The smallest absolute Gasteiger partial charge is 0.307 e. The molecule has 0 unspecified atom stereocenters. The highest BCUT2D eigenvalue weighted by atomic mass is 19.1. The van der Waals surface area contributed by atoms with Crippen LogP contribution in [0, 0.1) is 21.7 Å². The molecule has 0 saturated heterocycles. The number of hydrogen-bond donors (Lipinski definition) is 1. The zero-order valence-corrected chi connectivity index (χ0v) is 18.6. The second kappa shape index (κ2) is 7.72. The number of nitrogens with one attached hydrogen (secondary N) is 1. The minimum Gasteiger partial charge on any atom is -0.494 e. The minimum absolute atomic E-state index is 0.0432. The average Bonchev–Trinajstić information content (AvgIpc) is 3.32. The second-order valence-corrected chi connectivity index (χ2v) is 8.65. The average molecular weight is 466 g/mol. The number of halogens is 2. The van der Waals surface area contributed by atoms with Crippen molar-refractivity contribution in [1.82, 2.24) is 19.5 Å². The number of hydrogen-bond acceptors (Lipinski definition) is 7. The van der Waals surface area contributed by atoms with Crippen LogP contribution in [-0.2, 0) is 12.0 Å². The first-order chi connectivity index (χ1) is 16.2. The molecule has 174 valence electrons. The maximum absolute atomic E-state index is 15.0. The predicted octanol–water partition coefficient (Wildman–Crippen LogP) is 5.11. The molecule has 2 aromatic heterocycles. The maximum Gasteiger partial charge on any atom is 0.307 e. The number of methoxy groups -OCH3 is 1. The molecule has 0 aliphatic carbocycles. The number of imidazole rings is 1. The van der Waals surface area contributed by atoms with E-state index in [0.717, 1.165) is 30.8 Å². The van der Waals surface area contributed by atoms with Gasteiger partial charge < -0.3 is 14.6 Å². The van der Waals surface area contributed by atoms with Crippen LogP contribution >= 0.6 is 0 Å². The van der Waals surface area contributed by atoms with Crippen molar-refractivity contribution < 1.29 is 18.4 Å². The number of nitro groups is 1. The monoisotopic (exact) mass is 466 g/mol. The largest absolute Gasteiger partial charge is 0.494 e. The quantitative estimate of drug-likeness (QED) is 0.321. The van der Waals surface area contributed by atoms with E-state index in [9.17, 15) is 18.9 Å². The number of nitro benzene ring substituents is 1. The fourth-order valence-corrected chi connectivity index (χ4v) is 4.35. The summed E-state index contributed by atoms with van der Waals surface area (Å²) in [7, 11) is 1.31. The number of fused-ring (bicyclic) bond motifs is 3. The van der Waals surface area contributed by atoms with Gasteiger partial charge in [-0.15, -0.1) is 0 Å². The molecule has 4 aromatic rings. The van der Waals surface area contributed by atoms with Crippen molar-refractivity contribution >= 4 is 28.4 Å². The lowest BCUT2D eigenvalue weighted by molar-refractivity contribution is -0.387. The second-order valence-electron chi connectivity index (χ2n) is 8.65. The topological polar surface area (TPSA) is 108 Å². The number of nitrogens with zero attached hydrogens (tertiary/aromatic N) is 5. The van der Waals surface area contributed by atoms with E-state index in [1.807, 2.05) is 6.07 Å². The van der Waals surface area contributed by atoms with Crippen molar-refractivity contribution in [3.8, 4) is 17.0 Å². The summed E-state index contributed by atoms with van der Waals surface area (Å²) in [6.07, 6.45) is 3.18. The zero-order chi connectivity index (χ0) is 24.2. The lowest BCUT2D eigenvalue weighted by Crippen LogP contribution is -2.21. The first-order valence-corrected chi connectivity index (χ1v) is 10.5. The molecule has 0 saturated carbocycles. The van der Waals surface area contributed by atoms with Crippen LogP contribution < -0.4 is 10.1 Å². The van der Waals surface area contributed by atoms with Crippen LogP contribution in [0.4, 0.5) is 26.1 Å². The van der Waals surface area contributed by atoms with Crippen LogP contribution in [0.5, 0.6) is 5.75 Å². The molecule has 2 aromatic carbocycles. The summed E-state index contributed by atoms with van der Waals surface area (Å²) in [6, 6.07) is 6.76. The summed E-state index contributed by atoms with van der Waals surface area (Å²) in [5.41, 5.74) is 1.19. The predicted molar refractivity (Wildman–Crippen MR) is 121 cm³/mol. The van der Waals surface area contributed by atoms with Gasteiger partial charge in [-0.05, 0) is 38.5 Å². The van der Waals surface area contributed by atoms with E-state index in [0.29, 0.717) is 22.3 Å². The Labute approximate surface area is 192 Å². The van der Waals surface area contributed by atoms with E-state index in [1.54, 1.807) is 6.07 Å². The molecule has 1 aliphatic rings. The molecule has 11 heteroatoms. The molecule has 3 heterocycles. The van der Waals surface area contributed by atoms with Crippen molar-refractivity contribution in [2.24, 2.45) is 0 Å². The molecule has 0 atom stereocenters. The Bertz CT molecular complexity index is 1470. The summed E-state index contributed by atoms with van der Waals surface area (Å²) in [5, 5.41) is 14.0. The highest BCUT2D eigenvalue weighted by molar-refractivity contribution is 5.83. The molecule has 0 spiro atoms. The van der Waals surface area contributed by atoms with Crippen LogP contribution in [0.15, 0.2) is 36.5 Å². The first-order valence-electron chi connectivity index (χ1n) is 10.5. The third-order valence-corrected chi connectivity index (χ3v) is 6.01. The molecule has 1 N–H and O–H groups in total. The standard InChI is InChI=1S/C23H20F2N6O3/c1-23(2)6-4-20-29-21-14(25)8-12(9-18(21)30(20)23)15-5-7-26-22(27-15)28-16-11-17(31(32)33)13(24)10-19(16)34-3/h5,7-11H,4,6H2,1-3H3,(H,26,27,28). The zero-order valence-electron chi connectivity index (χ0n) is 18.6. The van der Waals surface area contributed by atoms with Crippen LogP contribution in [0.25, 0.3) is 22.3 Å². The summed E-state index contributed by atoms with van der Waals surface area (Å²) in [5.74, 6) is -0.500. The molecule has 0 bridgehead atoms. The molecule has 34 heavy (non-hydrogen) atoms. The molecule has 1 aliphatic heterocycles. The lowest BCUT2D eigenvalue weighted by atomic mass is 10.0. The fourth-order valence-electron chi connectivity index (χ4n) is 4.35. The molecular formula is C23H20F2N6O3. The van der Waals surface area contributed by atoms with Crippen LogP contribution in [0.1, 0.15) is 26.1 Å². The summed E-state index contributed by atoms with van der Waals surface area (Å²) >= 11 is 0. The molecule has 9 nitrogen and oxygen atoms in total. The van der Waals surface area contributed by atoms with E-state index in [2.05, 4.69) is 38.7 Å². The highest BCUT2D eigenvalue weighted by Crippen LogP contribution is 2.38. The molecule has 0 fully saturated rings. The first kappa shape index (κ1) is 21.7. The van der Waals surface area contributed by atoms with Crippen molar-refractivity contribution in [3.63, 3.8) is 0 Å². The van der Waals surface area contributed by atoms with E-state index in [-0.39, 0.29) is 22.9 Å². The molecule has 0 radical (unpaired) electrons. The number of aryl methyl sites for hydroxylation is 1. The van der Waals surface area contributed by atoms with Gasteiger partial charge in [-0.3, -0.25) is 10.1 Å². The Balaban J connectivity index is 1.56. The summed E-state index contributed by atoms with van der Waals surface area (Å²) in [4.78, 5) is 23.4. The number of aromatic nitrogens is 4. The number of anilines is 2. The Hall–Kier alpha value is -4.15. The fraction of sp³-hybridized carbons (Fsp3) is 0.261. The molecular weight excluding hydrogens is 446 g/mol. The molecule has 5 rings (SSSR count).